The fraction of sp³-hybridized carbons (Fsp3) is 0.435. The van der Waals surface area contributed by atoms with Crippen molar-refractivity contribution in [1.82, 2.24) is 5.32 Å². The van der Waals surface area contributed by atoms with E-state index in [0.29, 0.717) is 13.0 Å². The van der Waals surface area contributed by atoms with Gasteiger partial charge in [0.25, 0.3) is 5.91 Å². The Morgan fingerprint density at radius 3 is 2.78 bits per heavy atom. The minimum absolute atomic E-state index is 0.0300. The van der Waals surface area contributed by atoms with Crippen LogP contribution in [0.25, 0.3) is 0 Å². The summed E-state index contributed by atoms with van der Waals surface area (Å²) in [6.45, 7) is 8.81. The van der Waals surface area contributed by atoms with Gasteiger partial charge in [0, 0.05) is 25.3 Å². The molecule has 1 N–H and O–H groups in total. The number of fused-ring (bicyclic) bond motifs is 1. The molecule has 4 heteroatoms. The summed E-state index contributed by atoms with van der Waals surface area (Å²) < 4.78 is 5.92. The number of amides is 1. The number of benzene rings is 2. The van der Waals surface area contributed by atoms with E-state index in [1.165, 1.54) is 22.4 Å². The van der Waals surface area contributed by atoms with Crippen LogP contribution in [0.2, 0.25) is 0 Å². The van der Waals surface area contributed by atoms with E-state index in [1.807, 2.05) is 25.1 Å². The van der Waals surface area contributed by atoms with Crippen molar-refractivity contribution in [2.24, 2.45) is 0 Å². The van der Waals surface area contributed by atoms with Crippen molar-refractivity contribution in [3.05, 3.63) is 59.2 Å². The van der Waals surface area contributed by atoms with Crippen LogP contribution in [0.15, 0.2) is 42.5 Å². The van der Waals surface area contributed by atoms with Gasteiger partial charge in [-0.05, 0) is 68.0 Å². The number of ether oxygens (including phenoxy) is 1. The molecule has 0 aromatic heterocycles. The quantitative estimate of drug-likeness (QED) is 0.717. The van der Waals surface area contributed by atoms with Crippen molar-refractivity contribution in [2.75, 3.05) is 24.5 Å². The van der Waals surface area contributed by atoms with Crippen LogP contribution in [-0.4, -0.2) is 31.6 Å². The van der Waals surface area contributed by atoms with Crippen LogP contribution in [0.3, 0.4) is 0 Å². The van der Waals surface area contributed by atoms with E-state index in [-0.39, 0.29) is 5.91 Å². The first-order chi connectivity index (χ1) is 13.1. The van der Waals surface area contributed by atoms with Gasteiger partial charge in [-0.3, -0.25) is 4.79 Å². The third-order valence-electron chi connectivity index (χ3n) is 5.31. The SMILES string of the molecule is CC[C@@H](Oc1ccc(C)c(C)c1)C(=O)NCCCN1CCc2ccccc21. The molecule has 0 saturated heterocycles. The van der Waals surface area contributed by atoms with Gasteiger partial charge >= 0.3 is 0 Å². The summed E-state index contributed by atoms with van der Waals surface area (Å²) in [5, 5.41) is 3.04. The van der Waals surface area contributed by atoms with Crippen molar-refractivity contribution < 1.29 is 9.53 Å². The zero-order valence-electron chi connectivity index (χ0n) is 16.6. The number of carbonyl (C=O) groups excluding carboxylic acids is 1. The molecule has 0 saturated carbocycles. The predicted octanol–water partition coefficient (Wildman–Crippen LogP) is 4.03. The Morgan fingerprint density at radius 2 is 2.00 bits per heavy atom. The molecule has 27 heavy (non-hydrogen) atoms. The largest absolute Gasteiger partial charge is 0.481 e. The van der Waals surface area contributed by atoms with Crippen LogP contribution in [0.5, 0.6) is 5.75 Å². The first-order valence-electron chi connectivity index (χ1n) is 9.93. The molecule has 1 aliphatic heterocycles. The molecule has 4 nitrogen and oxygen atoms in total. The maximum atomic E-state index is 12.5. The standard InChI is InChI=1S/C23H30N2O2/c1-4-22(27-20-11-10-17(2)18(3)16-20)23(26)24-13-7-14-25-15-12-19-8-5-6-9-21(19)25/h5-6,8-11,16,22H,4,7,12-15H2,1-3H3,(H,24,26)/t22-/m1/s1. The third kappa shape index (κ3) is 4.82. The van der Waals surface area contributed by atoms with Gasteiger partial charge in [0.15, 0.2) is 6.10 Å². The second-order valence-electron chi connectivity index (χ2n) is 7.27. The second-order valence-corrected chi connectivity index (χ2v) is 7.27. The number of para-hydroxylation sites is 1. The fourth-order valence-electron chi connectivity index (χ4n) is 3.51. The summed E-state index contributed by atoms with van der Waals surface area (Å²) in [4.78, 5) is 14.9. The molecular weight excluding hydrogens is 336 g/mol. The summed E-state index contributed by atoms with van der Waals surface area (Å²) in [7, 11) is 0. The zero-order chi connectivity index (χ0) is 19.2. The third-order valence-corrected chi connectivity index (χ3v) is 5.31. The molecule has 2 aromatic carbocycles. The van der Waals surface area contributed by atoms with Crippen LogP contribution >= 0.6 is 0 Å². The van der Waals surface area contributed by atoms with E-state index in [1.54, 1.807) is 0 Å². The van der Waals surface area contributed by atoms with Crippen molar-refractivity contribution in [3.63, 3.8) is 0 Å². The number of carbonyl (C=O) groups is 1. The lowest BCUT2D eigenvalue weighted by Gasteiger charge is -2.20. The van der Waals surface area contributed by atoms with Gasteiger partial charge < -0.3 is 15.0 Å². The van der Waals surface area contributed by atoms with Crippen LogP contribution in [0, 0.1) is 13.8 Å². The maximum absolute atomic E-state index is 12.5. The summed E-state index contributed by atoms with van der Waals surface area (Å²) >= 11 is 0. The fourth-order valence-corrected chi connectivity index (χ4v) is 3.51. The number of hydrogen-bond donors (Lipinski definition) is 1. The Hall–Kier alpha value is -2.49. The molecule has 0 fully saturated rings. The average molecular weight is 367 g/mol. The van der Waals surface area contributed by atoms with E-state index in [9.17, 15) is 4.79 Å². The van der Waals surface area contributed by atoms with Crippen LogP contribution in [0.1, 0.15) is 36.5 Å². The number of hydrogen-bond acceptors (Lipinski definition) is 3. The van der Waals surface area contributed by atoms with Gasteiger partial charge in [-0.25, -0.2) is 0 Å². The second kappa shape index (κ2) is 8.94. The minimum atomic E-state index is -0.445. The Balaban J connectivity index is 1.44. The Kier molecular flexibility index (Phi) is 6.38. The molecule has 3 rings (SSSR count). The average Bonchev–Trinajstić information content (AvgIpc) is 3.09. The molecule has 1 atom stereocenters. The first kappa shape index (κ1) is 19.3. The van der Waals surface area contributed by atoms with Gasteiger partial charge in [-0.1, -0.05) is 31.2 Å². The topological polar surface area (TPSA) is 41.6 Å². The molecule has 2 aromatic rings. The zero-order valence-corrected chi connectivity index (χ0v) is 16.6. The lowest BCUT2D eigenvalue weighted by Crippen LogP contribution is -2.39. The Bertz CT molecular complexity index is 788. The van der Waals surface area contributed by atoms with Crippen molar-refractivity contribution in [1.29, 1.82) is 0 Å². The van der Waals surface area contributed by atoms with E-state index in [2.05, 4.69) is 48.3 Å². The first-order valence-corrected chi connectivity index (χ1v) is 9.93. The lowest BCUT2D eigenvalue weighted by atomic mass is 10.1. The highest BCUT2D eigenvalue weighted by Gasteiger charge is 2.20. The van der Waals surface area contributed by atoms with Gasteiger partial charge in [-0.15, -0.1) is 0 Å². The Morgan fingerprint density at radius 1 is 1.19 bits per heavy atom. The van der Waals surface area contributed by atoms with Gasteiger partial charge in [0.2, 0.25) is 0 Å². The molecule has 0 aliphatic carbocycles. The van der Waals surface area contributed by atoms with Gasteiger partial charge in [0.1, 0.15) is 5.75 Å². The summed E-state index contributed by atoms with van der Waals surface area (Å²) in [6, 6.07) is 14.5. The van der Waals surface area contributed by atoms with Gasteiger partial charge in [-0.2, -0.15) is 0 Å². The molecule has 1 amide bonds. The van der Waals surface area contributed by atoms with E-state index in [0.717, 1.165) is 31.7 Å². The molecular formula is C23H30N2O2. The van der Waals surface area contributed by atoms with E-state index < -0.39 is 6.10 Å². The summed E-state index contributed by atoms with van der Waals surface area (Å²) in [5.74, 6) is 0.728. The lowest BCUT2D eigenvalue weighted by molar-refractivity contribution is -0.128. The molecule has 144 valence electrons. The highest BCUT2D eigenvalue weighted by molar-refractivity contribution is 5.81. The van der Waals surface area contributed by atoms with E-state index >= 15 is 0 Å². The smallest absolute Gasteiger partial charge is 0.261 e. The van der Waals surface area contributed by atoms with E-state index in [4.69, 9.17) is 4.74 Å². The van der Waals surface area contributed by atoms with Crippen molar-refractivity contribution in [3.8, 4) is 5.75 Å². The number of anilines is 1. The molecule has 0 spiro atoms. The molecule has 0 unspecified atom stereocenters. The highest BCUT2D eigenvalue weighted by Crippen LogP contribution is 2.27. The van der Waals surface area contributed by atoms with Gasteiger partial charge in [0.05, 0.1) is 0 Å². The van der Waals surface area contributed by atoms with Crippen LogP contribution in [0.4, 0.5) is 5.69 Å². The highest BCUT2D eigenvalue weighted by atomic mass is 16.5. The number of nitrogens with zero attached hydrogens (tertiary/aromatic N) is 1. The molecule has 0 radical (unpaired) electrons. The molecule has 1 heterocycles. The monoisotopic (exact) mass is 366 g/mol. The minimum Gasteiger partial charge on any atom is -0.481 e. The molecule has 0 bridgehead atoms. The van der Waals surface area contributed by atoms with Crippen molar-refractivity contribution in [2.45, 2.75) is 46.1 Å². The molecule has 1 aliphatic rings. The number of aryl methyl sites for hydroxylation is 2. The normalized spacial score (nSPS) is 14.0. The van der Waals surface area contributed by atoms with Crippen LogP contribution in [-0.2, 0) is 11.2 Å². The number of rotatable bonds is 8. The summed E-state index contributed by atoms with van der Waals surface area (Å²) in [5.41, 5.74) is 5.17. The van der Waals surface area contributed by atoms with Crippen LogP contribution < -0.4 is 15.0 Å². The Labute approximate surface area is 162 Å². The maximum Gasteiger partial charge on any atom is 0.261 e. The van der Waals surface area contributed by atoms with Crippen molar-refractivity contribution >= 4 is 11.6 Å². The predicted molar refractivity (Wildman–Crippen MR) is 111 cm³/mol. The number of nitrogens with one attached hydrogen (secondary N) is 1. The summed E-state index contributed by atoms with van der Waals surface area (Å²) in [6.07, 6.45) is 2.25.